The molecule has 0 aliphatic rings. The summed E-state index contributed by atoms with van der Waals surface area (Å²) in [6.07, 6.45) is -1.87. The molecule has 1 aromatic carbocycles. The third kappa shape index (κ3) is 4.91. The lowest BCUT2D eigenvalue weighted by Crippen LogP contribution is -2.14. The van der Waals surface area contributed by atoms with Gasteiger partial charge in [0.2, 0.25) is 11.7 Å². The zero-order valence-electron chi connectivity index (χ0n) is 14.4. The van der Waals surface area contributed by atoms with Gasteiger partial charge >= 0.3 is 6.18 Å². The molecule has 0 aliphatic heterocycles. The number of hydrogen-bond acceptors (Lipinski definition) is 4. The molecule has 0 atom stereocenters. The summed E-state index contributed by atoms with van der Waals surface area (Å²) in [6, 6.07) is 4.83. The highest BCUT2D eigenvalue weighted by Crippen LogP contribution is 2.32. The highest BCUT2D eigenvalue weighted by Gasteiger charge is 2.34. The number of aliphatic imine (C=N–C) groups is 1. The standard InChI is InChI=1S/C17H19F3N4O/c1-5-24(4)10-22-13-8-12(3)14(9-11(13)2)25-15-6-7-21-16(23-15)17(18,19)20/h6-10H,5H2,1-4H3. The first-order valence-electron chi connectivity index (χ1n) is 7.64. The number of hydrogen-bond donors (Lipinski definition) is 0. The van der Waals surface area contributed by atoms with Crippen LogP contribution in [0, 0.1) is 13.8 Å². The SMILES string of the molecule is CCN(C)C=Nc1cc(C)c(Oc2ccnc(C(F)(F)F)n2)cc1C. The Balaban J connectivity index is 2.27. The first-order valence-corrected chi connectivity index (χ1v) is 7.64. The molecule has 0 fully saturated rings. The van der Waals surface area contributed by atoms with E-state index < -0.39 is 12.0 Å². The third-order valence-corrected chi connectivity index (χ3v) is 3.48. The molecule has 0 bridgehead atoms. The number of benzene rings is 1. The summed E-state index contributed by atoms with van der Waals surface area (Å²) in [5, 5.41) is 0. The van der Waals surface area contributed by atoms with Crippen molar-refractivity contribution in [2.24, 2.45) is 4.99 Å². The fraction of sp³-hybridized carbons (Fsp3) is 0.353. The number of aromatic nitrogens is 2. The molecule has 0 unspecified atom stereocenters. The largest absolute Gasteiger partial charge is 0.451 e. The summed E-state index contributed by atoms with van der Waals surface area (Å²) in [7, 11) is 1.91. The minimum Gasteiger partial charge on any atom is -0.439 e. The van der Waals surface area contributed by atoms with E-state index in [9.17, 15) is 13.2 Å². The predicted octanol–water partition coefficient (Wildman–Crippen LogP) is 4.52. The van der Waals surface area contributed by atoms with Gasteiger partial charge in [-0.25, -0.2) is 9.98 Å². The maximum absolute atomic E-state index is 12.7. The monoisotopic (exact) mass is 352 g/mol. The van der Waals surface area contributed by atoms with Gasteiger partial charge in [-0.1, -0.05) is 0 Å². The molecule has 8 heteroatoms. The fourth-order valence-corrected chi connectivity index (χ4v) is 1.91. The van der Waals surface area contributed by atoms with E-state index in [1.807, 2.05) is 31.9 Å². The zero-order chi connectivity index (χ0) is 18.6. The molecule has 2 rings (SSSR count). The van der Waals surface area contributed by atoms with Crippen LogP contribution in [0.25, 0.3) is 0 Å². The molecule has 5 nitrogen and oxygen atoms in total. The Kier molecular flexibility index (Phi) is 5.61. The highest BCUT2D eigenvalue weighted by atomic mass is 19.4. The van der Waals surface area contributed by atoms with Crippen molar-refractivity contribution in [2.45, 2.75) is 26.9 Å². The zero-order valence-corrected chi connectivity index (χ0v) is 14.4. The van der Waals surface area contributed by atoms with Gasteiger partial charge in [-0.2, -0.15) is 18.2 Å². The van der Waals surface area contributed by atoms with Crippen molar-refractivity contribution >= 4 is 12.0 Å². The van der Waals surface area contributed by atoms with Crippen molar-refractivity contribution in [2.75, 3.05) is 13.6 Å². The molecular weight excluding hydrogens is 333 g/mol. The average Bonchev–Trinajstić information content (AvgIpc) is 2.55. The lowest BCUT2D eigenvalue weighted by Gasteiger charge is -2.13. The van der Waals surface area contributed by atoms with Gasteiger partial charge in [-0.3, -0.25) is 0 Å². The summed E-state index contributed by atoms with van der Waals surface area (Å²) < 4.78 is 43.6. The van der Waals surface area contributed by atoms with Crippen LogP contribution in [0.2, 0.25) is 0 Å². The van der Waals surface area contributed by atoms with Crippen molar-refractivity contribution in [3.8, 4) is 11.6 Å². The Morgan fingerprint density at radius 1 is 1.24 bits per heavy atom. The molecule has 1 aromatic heterocycles. The van der Waals surface area contributed by atoms with E-state index in [4.69, 9.17) is 4.74 Å². The van der Waals surface area contributed by atoms with Crippen LogP contribution in [0.15, 0.2) is 29.4 Å². The number of alkyl halides is 3. The molecule has 1 heterocycles. The molecule has 0 saturated carbocycles. The second-order valence-corrected chi connectivity index (χ2v) is 5.54. The smallest absolute Gasteiger partial charge is 0.439 e. The van der Waals surface area contributed by atoms with Gasteiger partial charge in [-0.05, 0) is 44.0 Å². The quantitative estimate of drug-likeness (QED) is 0.587. The molecule has 0 aliphatic carbocycles. The third-order valence-electron chi connectivity index (χ3n) is 3.48. The van der Waals surface area contributed by atoms with Gasteiger partial charge in [0.05, 0.1) is 12.0 Å². The van der Waals surface area contributed by atoms with E-state index in [-0.39, 0.29) is 5.88 Å². The van der Waals surface area contributed by atoms with Crippen LogP contribution in [-0.4, -0.2) is 34.8 Å². The van der Waals surface area contributed by atoms with Crippen molar-refractivity contribution in [1.29, 1.82) is 0 Å². The number of halogens is 3. The van der Waals surface area contributed by atoms with Crippen LogP contribution < -0.4 is 4.74 Å². The van der Waals surface area contributed by atoms with Gasteiger partial charge in [0.25, 0.3) is 0 Å². The van der Waals surface area contributed by atoms with Crippen LogP contribution >= 0.6 is 0 Å². The van der Waals surface area contributed by atoms with Crippen LogP contribution in [-0.2, 0) is 6.18 Å². The topological polar surface area (TPSA) is 50.6 Å². The Morgan fingerprint density at radius 3 is 2.60 bits per heavy atom. The first kappa shape index (κ1) is 18.7. The maximum Gasteiger partial charge on any atom is 0.451 e. The Morgan fingerprint density at radius 2 is 1.96 bits per heavy atom. The lowest BCUT2D eigenvalue weighted by atomic mass is 10.1. The van der Waals surface area contributed by atoms with Crippen molar-refractivity contribution < 1.29 is 17.9 Å². The molecule has 0 saturated heterocycles. The number of aryl methyl sites for hydroxylation is 2. The van der Waals surface area contributed by atoms with Gasteiger partial charge in [-0.15, -0.1) is 0 Å². The normalized spacial score (nSPS) is 11.8. The average molecular weight is 352 g/mol. The predicted molar refractivity (Wildman–Crippen MR) is 89.5 cm³/mol. The van der Waals surface area contributed by atoms with Crippen molar-refractivity contribution in [1.82, 2.24) is 14.9 Å². The van der Waals surface area contributed by atoms with Gasteiger partial charge in [0.1, 0.15) is 5.75 Å². The van der Waals surface area contributed by atoms with Crippen LogP contribution in [0.3, 0.4) is 0 Å². The molecular formula is C17H19F3N4O. The van der Waals surface area contributed by atoms with Crippen LogP contribution in [0.4, 0.5) is 18.9 Å². The van der Waals surface area contributed by atoms with Gasteiger partial charge in [0, 0.05) is 25.9 Å². The molecule has 0 amide bonds. The van der Waals surface area contributed by atoms with Crippen LogP contribution in [0.5, 0.6) is 11.6 Å². The van der Waals surface area contributed by atoms with Gasteiger partial charge < -0.3 is 9.64 Å². The van der Waals surface area contributed by atoms with Crippen molar-refractivity contribution in [3.63, 3.8) is 0 Å². The Bertz CT molecular complexity index is 775. The second-order valence-electron chi connectivity index (χ2n) is 5.54. The van der Waals surface area contributed by atoms with Gasteiger partial charge in [0.15, 0.2) is 0 Å². The molecule has 2 aromatic rings. The number of nitrogens with zero attached hydrogens (tertiary/aromatic N) is 4. The van der Waals surface area contributed by atoms with E-state index >= 15 is 0 Å². The lowest BCUT2D eigenvalue weighted by molar-refractivity contribution is -0.145. The number of ether oxygens (including phenoxy) is 1. The fourth-order valence-electron chi connectivity index (χ4n) is 1.91. The molecule has 0 radical (unpaired) electrons. The number of rotatable bonds is 5. The summed E-state index contributed by atoms with van der Waals surface area (Å²) in [5.74, 6) is -0.970. The summed E-state index contributed by atoms with van der Waals surface area (Å²) in [6.45, 7) is 6.49. The minimum atomic E-state index is -4.62. The van der Waals surface area contributed by atoms with Crippen LogP contribution in [0.1, 0.15) is 23.9 Å². The van der Waals surface area contributed by atoms with E-state index in [0.717, 1.165) is 29.6 Å². The van der Waals surface area contributed by atoms with E-state index in [1.165, 1.54) is 6.07 Å². The summed E-state index contributed by atoms with van der Waals surface area (Å²) in [4.78, 5) is 13.0. The summed E-state index contributed by atoms with van der Waals surface area (Å²) >= 11 is 0. The Labute approximate surface area is 144 Å². The van der Waals surface area contributed by atoms with E-state index in [2.05, 4.69) is 15.0 Å². The molecule has 0 spiro atoms. The second kappa shape index (κ2) is 7.50. The van der Waals surface area contributed by atoms with E-state index in [1.54, 1.807) is 19.3 Å². The molecule has 0 N–H and O–H groups in total. The molecule has 134 valence electrons. The maximum atomic E-state index is 12.7. The Hall–Kier alpha value is -2.64. The first-order chi connectivity index (χ1) is 11.7. The minimum absolute atomic E-state index is 0.160. The summed E-state index contributed by atoms with van der Waals surface area (Å²) in [5.41, 5.74) is 2.35. The highest BCUT2D eigenvalue weighted by molar-refractivity contribution is 5.64. The molecule has 25 heavy (non-hydrogen) atoms. The van der Waals surface area contributed by atoms with Crippen molar-refractivity contribution in [3.05, 3.63) is 41.3 Å². The van der Waals surface area contributed by atoms with E-state index in [0.29, 0.717) is 5.75 Å².